The van der Waals surface area contributed by atoms with Crippen molar-refractivity contribution >= 4 is 44.4 Å². The van der Waals surface area contributed by atoms with Gasteiger partial charge in [0.1, 0.15) is 21.7 Å². The number of nitrogens with two attached hydrogens (primary N) is 1. The van der Waals surface area contributed by atoms with Crippen molar-refractivity contribution in [2.75, 3.05) is 5.73 Å². The van der Waals surface area contributed by atoms with E-state index in [4.69, 9.17) is 11.0 Å². The van der Waals surface area contributed by atoms with Gasteiger partial charge in [0.2, 0.25) is 0 Å². The van der Waals surface area contributed by atoms with Gasteiger partial charge in [-0.15, -0.1) is 11.3 Å². The van der Waals surface area contributed by atoms with Crippen molar-refractivity contribution in [1.29, 1.82) is 5.26 Å². The molecule has 22 heavy (non-hydrogen) atoms. The summed E-state index contributed by atoms with van der Waals surface area (Å²) in [5.74, 6) is -0.306. The van der Waals surface area contributed by atoms with Crippen molar-refractivity contribution in [2.24, 2.45) is 5.10 Å². The first-order valence-electron chi connectivity index (χ1n) is 6.05. The number of hydrogen-bond acceptors (Lipinski definition) is 6. The zero-order chi connectivity index (χ0) is 16.3. The molecule has 8 heteroatoms. The Morgan fingerprint density at radius 2 is 2.32 bits per heavy atom. The molecule has 0 spiro atoms. The maximum atomic E-state index is 12.0. The molecule has 2 rings (SSSR count). The van der Waals surface area contributed by atoms with Crippen molar-refractivity contribution in [3.63, 3.8) is 0 Å². The van der Waals surface area contributed by atoms with E-state index in [-0.39, 0.29) is 5.75 Å². The molecule has 112 valence electrons. The molecule has 0 unspecified atom stereocenters. The molecule has 0 atom stereocenters. The molecule has 1 aromatic carbocycles. The number of amides is 1. The van der Waals surface area contributed by atoms with E-state index >= 15 is 0 Å². The highest BCUT2D eigenvalue weighted by Crippen LogP contribution is 2.29. The molecule has 4 N–H and O–H groups in total. The van der Waals surface area contributed by atoms with E-state index in [1.54, 1.807) is 19.1 Å². The lowest BCUT2D eigenvalue weighted by Gasteiger charge is -1.99. The molecule has 0 aliphatic carbocycles. The quantitative estimate of drug-likeness (QED) is 0.562. The van der Waals surface area contributed by atoms with E-state index < -0.39 is 5.91 Å². The van der Waals surface area contributed by atoms with Gasteiger partial charge in [0.05, 0.1) is 16.3 Å². The number of aromatic hydroxyl groups is 1. The van der Waals surface area contributed by atoms with Crippen molar-refractivity contribution in [3.05, 3.63) is 44.2 Å². The highest BCUT2D eigenvalue weighted by molar-refractivity contribution is 9.10. The molecular formula is C14H11BrN4O2S. The summed E-state index contributed by atoms with van der Waals surface area (Å²) in [6.07, 6.45) is 1.44. The second kappa shape index (κ2) is 6.60. The molecule has 0 fully saturated rings. The Bertz CT molecular complexity index is 808. The second-order valence-corrected chi connectivity index (χ2v) is 6.22. The number of thiophene rings is 1. The zero-order valence-electron chi connectivity index (χ0n) is 11.4. The van der Waals surface area contributed by atoms with Gasteiger partial charge in [-0.25, -0.2) is 5.43 Å². The number of nitrogens with zero attached hydrogens (tertiary/aromatic N) is 2. The summed E-state index contributed by atoms with van der Waals surface area (Å²) in [4.78, 5) is 12.4. The van der Waals surface area contributed by atoms with Crippen molar-refractivity contribution in [3.8, 4) is 11.8 Å². The van der Waals surface area contributed by atoms with E-state index in [2.05, 4.69) is 26.5 Å². The first-order chi connectivity index (χ1) is 10.4. The molecule has 6 nitrogen and oxygen atoms in total. The van der Waals surface area contributed by atoms with Gasteiger partial charge in [0.25, 0.3) is 5.91 Å². The Balaban J connectivity index is 2.11. The van der Waals surface area contributed by atoms with Gasteiger partial charge in [-0.2, -0.15) is 10.4 Å². The first-order valence-corrected chi connectivity index (χ1v) is 7.66. The zero-order valence-corrected chi connectivity index (χ0v) is 13.8. The van der Waals surface area contributed by atoms with Crippen LogP contribution >= 0.6 is 27.3 Å². The fraction of sp³-hybridized carbons (Fsp3) is 0.0714. The Morgan fingerprint density at radius 3 is 2.91 bits per heavy atom. The smallest absolute Gasteiger partial charge is 0.281 e. The number of carbonyl (C=O) groups excluding carboxylic acids is 1. The topological polar surface area (TPSA) is 112 Å². The number of phenols is 1. The minimum absolute atomic E-state index is 0.120. The third-order valence-electron chi connectivity index (χ3n) is 2.84. The van der Waals surface area contributed by atoms with Gasteiger partial charge in [-0.05, 0) is 52.2 Å². The lowest BCUT2D eigenvalue weighted by molar-refractivity contribution is 0.0958. The summed E-state index contributed by atoms with van der Waals surface area (Å²) >= 11 is 4.24. The number of phenolic OH excluding ortho intramolecular Hbond substituents is 1. The number of rotatable bonds is 3. The van der Waals surface area contributed by atoms with Crippen LogP contribution in [0.25, 0.3) is 0 Å². The van der Waals surface area contributed by atoms with E-state index in [1.807, 2.05) is 6.07 Å². The molecule has 1 aromatic heterocycles. The van der Waals surface area contributed by atoms with Crippen LogP contribution in [0.2, 0.25) is 0 Å². The van der Waals surface area contributed by atoms with Crippen molar-refractivity contribution in [2.45, 2.75) is 6.92 Å². The molecule has 1 heterocycles. The number of nitriles is 1. The Morgan fingerprint density at radius 1 is 1.59 bits per heavy atom. The molecule has 0 saturated carbocycles. The molecule has 0 radical (unpaired) electrons. The molecule has 0 bridgehead atoms. The number of halogens is 1. The summed E-state index contributed by atoms with van der Waals surface area (Å²) in [6, 6.07) is 6.79. The van der Waals surface area contributed by atoms with Gasteiger partial charge in [-0.3, -0.25) is 4.79 Å². The summed E-state index contributed by atoms with van der Waals surface area (Å²) in [7, 11) is 0. The van der Waals surface area contributed by atoms with Gasteiger partial charge in [0.15, 0.2) is 0 Å². The normalized spacial score (nSPS) is 10.6. The minimum Gasteiger partial charge on any atom is -0.507 e. The predicted molar refractivity (Wildman–Crippen MR) is 89.1 cm³/mol. The van der Waals surface area contributed by atoms with Crippen LogP contribution in [0.4, 0.5) is 5.00 Å². The maximum absolute atomic E-state index is 12.0. The lowest BCUT2D eigenvalue weighted by atomic mass is 10.2. The average molecular weight is 379 g/mol. The van der Waals surface area contributed by atoms with Crippen LogP contribution in [-0.4, -0.2) is 17.2 Å². The van der Waals surface area contributed by atoms with Crippen LogP contribution in [0.15, 0.2) is 27.8 Å². The number of hydrazone groups is 1. The molecule has 0 aliphatic rings. The summed E-state index contributed by atoms with van der Waals surface area (Å²) in [5.41, 5.74) is 9.64. The first kappa shape index (κ1) is 16.0. The fourth-order valence-electron chi connectivity index (χ4n) is 1.71. The molecule has 0 aliphatic heterocycles. The van der Waals surface area contributed by atoms with Crippen LogP contribution in [0.3, 0.4) is 0 Å². The SMILES string of the molecule is Cc1c(C(=O)NN=Cc2ccc(O)c(Br)c2)sc(N)c1C#N. The Hall–Kier alpha value is -2.37. The number of anilines is 1. The van der Waals surface area contributed by atoms with Crippen LogP contribution in [0.5, 0.6) is 5.75 Å². The monoisotopic (exact) mass is 378 g/mol. The molecule has 0 saturated heterocycles. The number of carbonyl (C=O) groups is 1. The molecular weight excluding hydrogens is 368 g/mol. The van der Waals surface area contributed by atoms with E-state index in [9.17, 15) is 9.90 Å². The second-order valence-electron chi connectivity index (χ2n) is 4.32. The van der Waals surface area contributed by atoms with Gasteiger partial charge >= 0.3 is 0 Å². The van der Waals surface area contributed by atoms with E-state index in [1.165, 1.54) is 12.3 Å². The van der Waals surface area contributed by atoms with Crippen LogP contribution in [-0.2, 0) is 0 Å². The average Bonchev–Trinajstić information content (AvgIpc) is 2.77. The van der Waals surface area contributed by atoms with Crippen molar-refractivity contribution in [1.82, 2.24) is 5.43 Å². The number of nitrogen functional groups attached to an aromatic ring is 1. The lowest BCUT2D eigenvalue weighted by Crippen LogP contribution is -2.17. The minimum atomic E-state index is -0.426. The van der Waals surface area contributed by atoms with Gasteiger partial charge in [-0.1, -0.05) is 0 Å². The van der Waals surface area contributed by atoms with E-state index in [0.717, 1.165) is 11.3 Å². The fourth-order valence-corrected chi connectivity index (χ4v) is 3.02. The van der Waals surface area contributed by atoms with Crippen LogP contribution in [0, 0.1) is 18.3 Å². The highest BCUT2D eigenvalue weighted by Gasteiger charge is 2.18. The standard InChI is InChI=1S/C14H11BrN4O2S/c1-7-9(5-16)13(17)22-12(7)14(21)19-18-6-8-2-3-11(20)10(15)4-8/h2-4,6,20H,17H2,1H3,(H,19,21). The summed E-state index contributed by atoms with van der Waals surface area (Å²) in [5, 5.41) is 22.5. The van der Waals surface area contributed by atoms with E-state index in [0.29, 0.717) is 31.0 Å². The summed E-state index contributed by atoms with van der Waals surface area (Å²) < 4.78 is 0.531. The number of nitrogens with one attached hydrogen (secondary N) is 1. The maximum Gasteiger partial charge on any atom is 0.281 e. The van der Waals surface area contributed by atoms with Crippen LogP contribution < -0.4 is 11.2 Å². The predicted octanol–water partition coefficient (Wildman–Crippen LogP) is 2.74. The van der Waals surface area contributed by atoms with Gasteiger partial charge in [0, 0.05) is 0 Å². The number of benzene rings is 1. The highest BCUT2D eigenvalue weighted by atomic mass is 79.9. The Kier molecular flexibility index (Phi) is 4.80. The van der Waals surface area contributed by atoms with Crippen LogP contribution in [0.1, 0.15) is 26.4 Å². The molecule has 1 amide bonds. The van der Waals surface area contributed by atoms with Crippen molar-refractivity contribution < 1.29 is 9.90 Å². The molecule has 2 aromatic rings. The Labute approximate surface area is 139 Å². The van der Waals surface area contributed by atoms with Gasteiger partial charge < -0.3 is 10.8 Å². The third-order valence-corrected chi connectivity index (χ3v) is 4.60. The number of hydrogen-bond donors (Lipinski definition) is 3. The summed E-state index contributed by atoms with van der Waals surface area (Å²) in [6.45, 7) is 1.67. The third kappa shape index (κ3) is 3.27. The largest absolute Gasteiger partial charge is 0.507 e.